The van der Waals surface area contributed by atoms with Crippen molar-refractivity contribution in [3.8, 4) is 0 Å². The number of hydrogen-bond acceptors (Lipinski definition) is 3. The Morgan fingerprint density at radius 2 is 2.13 bits per heavy atom. The predicted octanol–water partition coefficient (Wildman–Crippen LogP) is 1.06. The molecule has 15 heavy (non-hydrogen) atoms. The summed E-state index contributed by atoms with van der Waals surface area (Å²) in [5.41, 5.74) is 6.53. The largest absolute Gasteiger partial charge is 0.392 e. The fourth-order valence-electron chi connectivity index (χ4n) is 2.67. The first kappa shape index (κ1) is 12.9. The van der Waals surface area contributed by atoms with Crippen LogP contribution in [0.15, 0.2) is 0 Å². The zero-order valence-corrected chi connectivity index (χ0v) is 10.5. The summed E-state index contributed by atoms with van der Waals surface area (Å²) >= 11 is 0. The van der Waals surface area contributed by atoms with Gasteiger partial charge in [0.1, 0.15) is 0 Å². The van der Waals surface area contributed by atoms with Crippen LogP contribution in [0, 0.1) is 11.3 Å². The minimum Gasteiger partial charge on any atom is -0.392 e. The van der Waals surface area contributed by atoms with E-state index in [1.54, 1.807) is 0 Å². The summed E-state index contributed by atoms with van der Waals surface area (Å²) in [6.07, 6.45) is 2.19. The summed E-state index contributed by atoms with van der Waals surface area (Å²) in [7, 11) is 2.06. The first-order chi connectivity index (χ1) is 6.83. The molecule has 0 aromatic rings. The Kier molecular flexibility index (Phi) is 4.15. The molecule has 3 atom stereocenters. The quantitative estimate of drug-likeness (QED) is 0.736. The summed E-state index contributed by atoms with van der Waals surface area (Å²) in [6, 6.07) is 0.300. The number of nitrogens with two attached hydrogens (primary N) is 1. The molecular formula is C12H26N2O. The van der Waals surface area contributed by atoms with Gasteiger partial charge in [0.15, 0.2) is 0 Å². The average molecular weight is 214 g/mol. The van der Waals surface area contributed by atoms with Crippen LogP contribution in [0.1, 0.15) is 33.6 Å². The number of aliphatic hydroxyl groups excluding tert-OH is 1. The SMILES string of the molecule is CC(O)CN(C)CC1CCC(C)(C)C1N. The normalized spacial score (nSPS) is 32.2. The molecule has 3 heteroatoms. The molecule has 0 aliphatic heterocycles. The molecule has 90 valence electrons. The molecule has 0 bridgehead atoms. The fourth-order valence-corrected chi connectivity index (χ4v) is 2.67. The van der Waals surface area contributed by atoms with Gasteiger partial charge in [-0.25, -0.2) is 0 Å². The van der Waals surface area contributed by atoms with Crippen molar-refractivity contribution in [3.63, 3.8) is 0 Å². The second kappa shape index (κ2) is 4.81. The summed E-state index contributed by atoms with van der Waals surface area (Å²) in [4.78, 5) is 2.19. The molecule has 0 aromatic heterocycles. The monoisotopic (exact) mass is 214 g/mol. The zero-order valence-electron chi connectivity index (χ0n) is 10.5. The number of hydrogen-bond donors (Lipinski definition) is 2. The van der Waals surface area contributed by atoms with E-state index in [0.717, 1.165) is 13.1 Å². The van der Waals surface area contributed by atoms with Gasteiger partial charge >= 0.3 is 0 Å². The maximum absolute atomic E-state index is 9.29. The van der Waals surface area contributed by atoms with Crippen LogP contribution in [0.3, 0.4) is 0 Å². The number of nitrogens with zero attached hydrogens (tertiary/aromatic N) is 1. The Labute approximate surface area is 93.6 Å². The maximum Gasteiger partial charge on any atom is 0.0638 e. The van der Waals surface area contributed by atoms with E-state index in [2.05, 4.69) is 25.8 Å². The summed E-state index contributed by atoms with van der Waals surface area (Å²) < 4.78 is 0. The van der Waals surface area contributed by atoms with Crippen molar-refractivity contribution in [2.75, 3.05) is 20.1 Å². The molecule has 3 unspecified atom stereocenters. The fraction of sp³-hybridized carbons (Fsp3) is 1.00. The highest BCUT2D eigenvalue weighted by Gasteiger charge is 2.39. The van der Waals surface area contributed by atoms with Crippen molar-refractivity contribution in [1.29, 1.82) is 0 Å². The van der Waals surface area contributed by atoms with Gasteiger partial charge in [-0.1, -0.05) is 13.8 Å². The topological polar surface area (TPSA) is 49.5 Å². The van der Waals surface area contributed by atoms with Gasteiger partial charge in [0.05, 0.1) is 6.10 Å². The van der Waals surface area contributed by atoms with E-state index in [4.69, 9.17) is 5.73 Å². The highest BCUT2D eigenvalue weighted by Crippen LogP contribution is 2.40. The molecular weight excluding hydrogens is 188 g/mol. The van der Waals surface area contributed by atoms with Crippen LogP contribution in [0.5, 0.6) is 0 Å². The molecule has 3 nitrogen and oxygen atoms in total. The number of rotatable bonds is 4. The predicted molar refractivity (Wildman–Crippen MR) is 63.7 cm³/mol. The zero-order chi connectivity index (χ0) is 11.6. The third-order valence-electron chi connectivity index (χ3n) is 3.69. The Balaban J connectivity index is 2.40. The van der Waals surface area contributed by atoms with Crippen molar-refractivity contribution in [2.45, 2.75) is 45.8 Å². The van der Waals surface area contributed by atoms with Crippen LogP contribution in [0.2, 0.25) is 0 Å². The Hall–Kier alpha value is -0.120. The molecule has 1 saturated carbocycles. The lowest BCUT2D eigenvalue weighted by Gasteiger charge is -2.29. The third-order valence-corrected chi connectivity index (χ3v) is 3.69. The molecule has 1 aliphatic rings. The summed E-state index contributed by atoms with van der Waals surface area (Å²) in [5, 5.41) is 9.29. The van der Waals surface area contributed by atoms with E-state index in [-0.39, 0.29) is 11.5 Å². The smallest absolute Gasteiger partial charge is 0.0638 e. The van der Waals surface area contributed by atoms with Crippen LogP contribution in [0.25, 0.3) is 0 Å². The van der Waals surface area contributed by atoms with E-state index in [1.165, 1.54) is 12.8 Å². The lowest BCUT2D eigenvalue weighted by Crippen LogP contribution is -2.42. The first-order valence-corrected chi connectivity index (χ1v) is 5.95. The average Bonchev–Trinajstić information content (AvgIpc) is 2.30. The molecule has 0 spiro atoms. The molecule has 0 heterocycles. The second-order valence-corrected chi connectivity index (χ2v) is 5.88. The van der Waals surface area contributed by atoms with Crippen molar-refractivity contribution in [2.24, 2.45) is 17.1 Å². The standard InChI is InChI=1S/C12H26N2O/c1-9(15)7-14(4)8-10-5-6-12(2,3)11(10)13/h9-11,15H,5-8,13H2,1-4H3. The highest BCUT2D eigenvalue weighted by molar-refractivity contribution is 4.94. The van der Waals surface area contributed by atoms with Gasteiger partial charge < -0.3 is 15.7 Å². The maximum atomic E-state index is 9.29. The van der Waals surface area contributed by atoms with Crippen LogP contribution in [-0.2, 0) is 0 Å². The Bertz CT molecular complexity index is 204. The third kappa shape index (κ3) is 3.44. The van der Waals surface area contributed by atoms with Gasteiger partial charge in [0, 0.05) is 19.1 Å². The van der Waals surface area contributed by atoms with Gasteiger partial charge in [-0.3, -0.25) is 0 Å². The molecule has 0 aromatic carbocycles. The molecule has 0 saturated heterocycles. The Morgan fingerprint density at radius 1 is 1.53 bits per heavy atom. The van der Waals surface area contributed by atoms with Gasteiger partial charge in [-0.2, -0.15) is 0 Å². The molecule has 0 radical (unpaired) electrons. The van der Waals surface area contributed by atoms with Crippen molar-refractivity contribution < 1.29 is 5.11 Å². The van der Waals surface area contributed by atoms with Crippen LogP contribution in [-0.4, -0.2) is 42.3 Å². The molecule has 3 N–H and O–H groups in total. The number of aliphatic hydroxyl groups is 1. The summed E-state index contributed by atoms with van der Waals surface area (Å²) in [6.45, 7) is 8.09. The van der Waals surface area contributed by atoms with E-state index >= 15 is 0 Å². The lowest BCUT2D eigenvalue weighted by molar-refractivity contribution is 0.127. The molecule has 1 rings (SSSR count). The minimum atomic E-state index is -0.249. The minimum absolute atomic E-state index is 0.249. The van der Waals surface area contributed by atoms with Crippen LogP contribution < -0.4 is 5.73 Å². The molecule has 1 fully saturated rings. The van der Waals surface area contributed by atoms with Gasteiger partial charge in [-0.15, -0.1) is 0 Å². The van der Waals surface area contributed by atoms with E-state index in [1.807, 2.05) is 6.92 Å². The van der Waals surface area contributed by atoms with E-state index in [9.17, 15) is 5.11 Å². The molecule has 1 aliphatic carbocycles. The summed E-state index contributed by atoms with van der Waals surface area (Å²) in [5.74, 6) is 0.587. The highest BCUT2D eigenvalue weighted by atomic mass is 16.3. The van der Waals surface area contributed by atoms with Crippen LogP contribution in [0.4, 0.5) is 0 Å². The van der Waals surface area contributed by atoms with Gasteiger partial charge in [0.25, 0.3) is 0 Å². The van der Waals surface area contributed by atoms with Crippen molar-refractivity contribution >= 4 is 0 Å². The molecule has 0 amide bonds. The van der Waals surface area contributed by atoms with Crippen molar-refractivity contribution in [1.82, 2.24) is 4.90 Å². The first-order valence-electron chi connectivity index (χ1n) is 5.95. The number of likely N-dealkylation sites (N-methyl/N-ethyl adjacent to an activating group) is 1. The van der Waals surface area contributed by atoms with E-state index < -0.39 is 0 Å². The van der Waals surface area contributed by atoms with Crippen LogP contribution >= 0.6 is 0 Å². The van der Waals surface area contributed by atoms with Crippen molar-refractivity contribution in [3.05, 3.63) is 0 Å². The van der Waals surface area contributed by atoms with Gasteiger partial charge in [-0.05, 0) is 38.1 Å². The Morgan fingerprint density at radius 3 is 2.53 bits per heavy atom. The second-order valence-electron chi connectivity index (χ2n) is 5.88. The lowest BCUT2D eigenvalue weighted by atomic mass is 9.85. The van der Waals surface area contributed by atoms with Gasteiger partial charge in [0.2, 0.25) is 0 Å². The van der Waals surface area contributed by atoms with E-state index in [0.29, 0.717) is 12.0 Å².